The number of thioether (sulfide) groups is 1. The molecular formula is C17H21NO2S. The minimum atomic E-state index is 0.599. The second-order valence-corrected chi connectivity index (χ2v) is 5.67. The van der Waals surface area contributed by atoms with E-state index in [9.17, 15) is 0 Å². The van der Waals surface area contributed by atoms with Gasteiger partial charge >= 0.3 is 0 Å². The Kier molecular flexibility index (Phi) is 6.44. The van der Waals surface area contributed by atoms with E-state index < -0.39 is 0 Å². The van der Waals surface area contributed by atoms with E-state index in [1.165, 1.54) is 4.90 Å². The van der Waals surface area contributed by atoms with Crippen LogP contribution >= 0.6 is 11.8 Å². The fourth-order valence-corrected chi connectivity index (χ4v) is 2.81. The van der Waals surface area contributed by atoms with Gasteiger partial charge in [0.25, 0.3) is 0 Å². The van der Waals surface area contributed by atoms with Crippen LogP contribution in [0.15, 0.2) is 53.4 Å². The van der Waals surface area contributed by atoms with Gasteiger partial charge in [-0.1, -0.05) is 30.3 Å². The summed E-state index contributed by atoms with van der Waals surface area (Å²) in [6.07, 6.45) is 0.790. The zero-order valence-electron chi connectivity index (χ0n) is 12.2. The summed E-state index contributed by atoms with van der Waals surface area (Å²) in [7, 11) is 1.66. The van der Waals surface area contributed by atoms with Crippen LogP contribution in [-0.2, 0) is 6.42 Å². The molecule has 0 aliphatic heterocycles. The molecule has 0 aliphatic carbocycles. The first-order valence-corrected chi connectivity index (χ1v) is 8.00. The Labute approximate surface area is 130 Å². The molecule has 0 amide bonds. The van der Waals surface area contributed by atoms with Crippen molar-refractivity contribution >= 4 is 11.8 Å². The molecule has 0 unspecified atom stereocenters. The molecule has 0 heterocycles. The van der Waals surface area contributed by atoms with Crippen molar-refractivity contribution < 1.29 is 9.47 Å². The summed E-state index contributed by atoms with van der Waals surface area (Å²) in [5.41, 5.74) is 6.75. The van der Waals surface area contributed by atoms with E-state index >= 15 is 0 Å². The zero-order chi connectivity index (χ0) is 14.9. The Morgan fingerprint density at radius 1 is 1.05 bits per heavy atom. The maximum atomic E-state index is 5.93. The maximum Gasteiger partial charge on any atom is 0.164 e. The predicted octanol–water partition coefficient (Wildman–Crippen LogP) is 3.37. The molecule has 0 aromatic heterocycles. The van der Waals surface area contributed by atoms with Crippen LogP contribution < -0.4 is 15.2 Å². The lowest BCUT2D eigenvalue weighted by molar-refractivity contribution is 0.310. The van der Waals surface area contributed by atoms with Crippen LogP contribution in [0, 0.1) is 0 Å². The average molecular weight is 303 g/mol. The molecule has 0 aliphatic rings. The van der Waals surface area contributed by atoms with Gasteiger partial charge in [-0.3, -0.25) is 0 Å². The summed E-state index contributed by atoms with van der Waals surface area (Å²) in [5.74, 6) is 2.48. The molecule has 0 radical (unpaired) electrons. The molecule has 2 aromatic rings. The van der Waals surface area contributed by atoms with Crippen molar-refractivity contribution in [3.63, 3.8) is 0 Å². The van der Waals surface area contributed by atoms with Crippen molar-refractivity contribution in [2.24, 2.45) is 5.73 Å². The number of methoxy groups -OCH3 is 1. The lowest BCUT2D eigenvalue weighted by atomic mass is 10.1. The summed E-state index contributed by atoms with van der Waals surface area (Å²) in [6, 6.07) is 16.2. The highest BCUT2D eigenvalue weighted by atomic mass is 32.2. The molecule has 0 spiro atoms. The fourth-order valence-electron chi connectivity index (χ4n) is 2.06. The van der Waals surface area contributed by atoms with E-state index in [4.69, 9.17) is 15.2 Å². The van der Waals surface area contributed by atoms with Crippen molar-refractivity contribution in [2.45, 2.75) is 11.3 Å². The number of para-hydroxylation sites is 1. The molecule has 112 valence electrons. The van der Waals surface area contributed by atoms with Crippen LogP contribution in [0.5, 0.6) is 11.5 Å². The fraction of sp³-hybridized carbons (Fsp3) is 0.294. The van der Waals surface area contributed by atoms with Crippen LogP contribution in [0.3, 0.4) is 0 Å². The minimum Gasteiger partial charge on any atom is -0.493 e. The second kappa shape index (κ2) is 8.60. The van der Waals surface area contributed by atoms with Gasteiger partial charge < -0.3 is 15.2 Å². The van der Waals surface area contributed by atoms with E-state index in [1.54, 1.807) is 18.9 Å². The third-order valence-corrected chi connectivity index (χ3v) is 4.01. The molecule has 0 atom stereocenters. The maximum absolute atomic E-state index is 5.93. The molecule has 2 rings (SSSR count). The molecular weight excluding hydrogens is 282 g/mol. The molecule has 2 aromatic carbocycles. The van der Waals surface area contributed by atoms with Crippen LogP contribution in [0.2, 0.25) is 0 Å². The van der Waals surface area contributed by atoms with Gasteiger partial charge in [-0.05, 0) is 36.7 Å². The van der Waals surface area contributed by atoms with Crippen molar-refractivity contribution in [1.82, 2.24) is 0 Å². The summed E-state index contributed by atoms with van der Waals surface area (Å²) >= 11 is 1.78. The van der Waals surface area contributed by atoms with Gasteiger partial charge in [0.15, 0.2) is 11.5 Å². The van der Waals surface area contributed by atoms with E-state index in [-0.39, 0.29) is 0 Å². The summed E-state index contributed by atoms with van der Waals surface area (Å²) < 4.78 is 11.3. The molecule has 21 heavy (non-hydrogen) atoms. The molecule has 2 N–H and O–H groups in total. The van der Waals surface area contributed by atoms with Crippen molar-refractivity contribution in [2.75, 3.05) is 26.0 Å². The highest BCUT2D eigenvalue weighted by molar-refractivity contribution is 7.99. The van der Waals surface area contributed by atoms with Gasteiger partial charge in [0.1, 0.15) is 0 Å². The Hall–Kier alpha value is -1.65. The van der Waals surface area contributed by atoms with E-state index in [1.807, 2.05) is 36.4 Å². The van der Waals surface area contributed by atoms with Crippen LogP contribution in [-0.4, -0.2) is 26.0 Å². The van der Waals surface area contributed by atoms with Gasteiger partial charge in [0, 0.05) is 10.6 Å². The van der Waals surface area contributed by atoms with Gasteiger partial charge in [-0.25, -0.2) is 0 Å². The Morgan fingerprint density at radius 3 is 2.57 bits per heavy atom. The SMILES string of the molecule is COc1cccc(CCN)c1OCCSc1ccccc1. The first-order chi connectivity index (χ1) is 10.3. The summed E-state index contributed by atoms with van der Waals surface area (Å²) in [6.45, 7) is 1.24. The summed E-state index contributed by atoms with van der Waals surface area (Å²) in [4.78, 5) is 1.25. The Morgan fingerprint density at radius 2 is 1.86 bits per heavy atom. The number of hydrogen-bond donors (Lipinski definition) is 1. The normalized spacial score (nSPS) is 10.4. The van der Waals surface area contributed by atoms with Crippen LogP contribution in [0.4, 0.5) is 0 Å². The number of rotatable bonds is 8. The van der Waals surface area contributed by atoms with E-state index in [0.29, 0.717) is 13.2 Å². The van der Waals surface area contributed by atoms with Gasteiger partial charge in [0.2, 0.25) is 0 Å². The monoisotopic (exact) mass is 303 g/mol. The van der Waals surface area contributed by atoms with Gasteiger partial charge in [-0.15, -0.1) is 11.8 Å². The number of benzene rings is 2. The molecule has 0 saturated carbocycles. The lowest BCUT2D eigenvalue weighted by Gasteiger charge is -2.14. The van der Waals surface area contributed by atoms with Crippen LogP contribution in [0.1, 0.15) is 5.56 Å². The summed E-state index contributed by atoms with van der Waals surface area (Å²) in [5, 5.41) is 0. The lowest BCUT2D eigenvalue weighted by Crippen LogP contribution is -2.08. The zero-order valence-corrected chi connectivity index (χ0v) is 13.1. The highest BCUT2D eigenvalue weighted by Gasteiger charge is 2.09. The third kappa shape index (κ3) is 4.69. The van der Waals surface area contributed by atoms with Gasteiger partial charge in [-0.2, -0.15) is 0 Å². The van der Waals surface area contributed by atoms with Crippen molar-refractivity contribution in [3.05, 3.63) is 54.1 Å². The largest absolute Gasteiger partial charge is 0.493 e. The number of hydrogen-bond acceptors (Lipinski definition) is 4. The number of ether oxygens (including phenoxy) is 2. The van der Waals surface area contributed by atoms with Crippen molar-refractivity contribution in [1.29, 1.82) is 0 Å². The average Bonchev–Trinajstić information content (AvgIpc) is 2.53. The molecule has 4 heteroatoms. The van der Waals surface area contributed by atoms with Crippen molar-refractivity contribution in [3.8, 4) is 11.5 Å². The quantitative estimate of drug-likeness (QED) is 0.600. The minimum absolute atomic E-state index is 0.599. The van der Waals surface area contributed by atoms with Gasteiger partial charge in [0.05, 0.1) is 13.7 Å². The number of nitrogens with two attached hydrogens (primary N) is 1. The van der Waals surface area contributed by atoms with E-state index in [2.05, 4.69) is 12.1 Å². The Bertz CT molecular complexity index is 546. The van der Waals surface area contributed by atoms with Crippen LogP contribution in [0.25, 0.3) is 0 Å². The topological polar surface area (TPSA) is 44.5 Å². The molecule has 0 bridgehead atoms. The van der Waals surface area contributed by atoms with E-state index in [0.717, 1.165) is 29.2 Å². The highest BCUT2D eigenvalue weighted by Crippen LogP contribution is 2.31. The third-order valence-electron chi connectivity index (χ3n) is 3.04. The molecule has 0 saturated heterocycles. The smallest absolute Gasteiger partial charge is 0.164 e. The Balaban J connectivity index is 1.92. The first-order valence-electron chi connectivity index (χ1n) is 7.01. The first kappa shape index (κ1) is 15.7. The molecule has 3 nitrogen and oxygen atoms in total. The standard InChI is InChI=1S/C17H21NO2S/c1-19-16-9-5-6-14(10-11-18)17(16)20-12-13-21-15-7-3-2-4-8-15/h2-9H,10-13,18H2,1H3. The predicted molar refractivity (Wildman–Crippen MR) is 88.4 cm³/mol. The molecule has 0 fully saturated rings. The second-order valence-electron chi connectivity index (χ2n) is 4.50.